The fraction of sp³-hybridized carbons (Fsp3) is 0.143. The van der Waals surface area contributed by atoms with Crippen molar-refractivity contribution in [2.75, 3.05) is 7.11 Å². The number of hydrogen-bond donors (Lipinski definition) is 0. The van der Waals surface area contributed by atoms with Crippen LogP contribution in [0.15, 0.2) is 18.3 Å². The van der Waals surface area contributed by atoms with Crippen LogP contribution in [-0.4, -0.2) is 25.9 Å². The Hall–Kier alpha value is -1.32. The molecule has 1 aromatic rings. The van der Waals surface area contributed by atoms with Crippen LogP contribution in [0.25, 0.3) is 0 Å². The lowest BCUT2D eigenvalue weighted by atomic mass is 10.0. The van der Waals surface area contributed by atoms with Crippen LogP contribution in [0.2, 0.25) is 0 Å². The molecule has 0 unspecified atom stereocenters. The van der Waals surface area contributed by atoms with E-state index in [9.17, 15) is 4.79 Å². The van der Waals surface area contributed by atoms with E-state index >= 15 is 0 Å². The summed E-state index contributed by atoms with van der Waals surface area (Å²) < 4.78 is 4.46. The zero-order valence-electron chi connectivity index (χ0n) is 6.07. The quantitative estimate of drug-likeness (QED) is 0.403. The van der Waals surface area contributed by atoms with Gasteiger partial charge >= 0.3 is 5.97 Å². The Kier molecular flexibility index (Phi) is 2.26. The first kappa shape index (κ1) is 7.79. The van der Waals surface area contributed by atoms with Gasteiger partial charge in [0.05, 0.1) is 12.7 Å². The average Bonchev–Trinajstić information content (AvgIpc) is 2.05. The van der Waals surface area contributed by atoms with Gasteiger partial charge in [-0.15, -0.1) is 0 Å². The van der Waals surface area contributed by atoms with E-state index < -0.39 is 5.97 Å². The van der Waals surface area contributed by atoms with Gasteiger partial charge in [-0.25, -0.2) is 4.79 Å². The molecular formula is C7H6BNO2. The summed E-state index contributed by atoms with van der Waals surface area (Å²) in [6.45, 7) is 0. The molecule has 0 aromatic carbocycles. The third-order valence-electron chi connectivity index (χ3n) is 1.21. The van der Waals surface area contributed by atoms with E-state index in [0.29, 0.717) is 11.2 Å². The minimum absolute atomic E-state index is 0.387. The molecule has 3 nitrogen and oxygen atoms in total. The Balaban J connectivity index is 2.90. The summed E-state index contributed by atoms with van der Waals surface area (Å²) >= 11 is 0. The van der Waals surface area contributed by atoms with Gasteiger partial charge < -0.3 is 4.74 Å². The third-order valence-corrected chi connectivity index (χ3v) is 1.21. The number of carbonyl (C=O) groups is 1. The Labute approximate surface area is 65.8 Å². The summed E-state index contributed by atoms with van der Waals surface area (Å²) in [7, 11) is 6.62. The molecule has 0 saturated heterocycles. The first-order valence-corrected chi connectivity index (χ1v) is 3.04. The Morgan fingerprint density at radius 3 is 2.82 bits per heavy atom. The Bertz CT molecular complexity index is 258. The number of nitrogens with zero attached hydrogens (tertiary/aromatic N) is 1. The van der Waals surface area contributed by atoms with Crippen molar-refractivity contribution in [1.82, 2.24) is 4.98 Å². The number of rotatable bonds is 1. The van der Waals surface area contributed by atoms with Crippen molar-refractivity contribution in [2.24, 2.45) is 0 Å². The number of esters is 1. The second kappa shape index (κ2) is 3.19. The van der Waals surface area contributed by atoms with Crippen LogP contribution < -0.4 is 5.59 Å². The molecular weight excluding hydrogens is 141 g/mol. The van der Waals surface area contributed by atoms with Crippen LogP contribution in [0.4, 0.5) is 0 Å². The van der Waals surface area contributed by atoms with Gasteiger partial charge in [0.15, 0.2) is 0 Å². The fourth-order valence-electron chi connectivity index (χ4n) is 0.644. The number of carbonyl (C=O) groups excluding carboxylic acids is 1. The van der Waals surface area contributed by atoms with Crippen molar-refractivity contribution in [3.05, 3.63) is 23.9 Å². The van der Waals surface area contributed by atoms with E-state index in [2.05, 4.69) is 9.72 Å². The molecule has 0 aliphatic rings. The van der Waals surface area contributed by atoms with Crippen molar-refractivity contribution >= 4 is 19.4 Å². The van der Waals surface area contributed by atoms with Gasteiger partial charge in [-0.1, -0.05) is 6.07 Å². The minimum Gasteiger partial charge on any atom is -0.465 e. The standard InChI is InChI=1S/C7H6BNO2/c1-11-7(10)5-2-3-6(8)9-4-5/h2-4H,1H3. The number of pyridine rings is 1. The predicted molar refractivity (Wildman–Crippen MR) is 41.0 cm³/mol. The zero-order valence-corrected chi connectivity index (χ0v) is 6.07. The molecule has 1 heterocycles. The normalized spacial score (nSPS) is 9.18. The fourth-order valence-corrected chi connectivity index (χ4v) is 0.644. The maximum absolute atomic E-state index is 10.8. The topological polar surface area (TPSA) is 39.2 Å². The summed E-state index contributed by atoms with van der Waals surface area (Å²) in [6, 6.07) is 3.11. The SMILES string of the molecule is [B]c1ccc(C(=O)OC)cn1. The van der Waals surface area contributed by atoms with Crippen molar-refractivity contribution in [1.29, 1.82) is 0 Å². The molecule has 0 saturated carbocycles. The van der Waals surface area contributed by atoms with Crippen LogP contribution in [-0.2, 0) is 4.74 Å². The zero-order chi connectivity index (χ0) is 8.27. The van der Waals surface area contributed by atoms with Gasteiger partial charge in [-0.3, -0.25) is 4.98 Å². The lowest BCUT2D eigenvalue weighted by Crippen LogP contribution is -2.10. The lowest BCUT2D eigenvalue weighted by molar-refractivity contribution is 0.0600. The van der Waals surface area contributed by atoms with E-state index in [1.165, 1.54) is 13.3 Å². The molecule has 0 amide bonds. The molecule has 1 rings (SSSR count). The number of aromatic nitrogens is 1. The number of ether oxygens (including phenoxy) is 1. The van der Waals surface area contributed by atoms with Crippen LogP contribution >= 0.6 is 0 Å². The van der Waals surface area contributed by atoms with Crippen LogP contribution in [0.1, 0.15) is 10.4 Å². The van der Waals surface area contributed by atoms with Gasteiger partial charge in [-0.2, -0.15) is 0 Å². The summed E-state index contributed by atoms with van der Waals surface area (Å²) in [5.41, 5.74) is 0.791. The summed E-state index contributed by atoms with van der Waals surface area (Å²) in [4.78, 5) is 14.5. The van der Waals surface area contributed by atoms with Gasteiger partial charge in [0.1, 0.15) is 7.85 Å². The predicted octanol–water partition coefficient (Wildman–Crippen LogP) is -0.338. The molecule has 11 heavy (non-hydrogen) atoms. The highest BCUT2D eigenvalue weighted by Crippen LogP contribution is 1.95. The second-order valence-corrected chi connectivity index (χ2v) is 1.96. The Morgan fingerprint density at radius 1 is 1.64 bits per heavy atom. The van der Waals surface area contributed by atoms with E-state index in [0.717, 1.165) is 0 Å². The van der Waals surface area contributed by atoms with Gasteiger partial charge in [0, 0.05) is 6.20 Å². The van der Waals surface area contributed by atoms with E-state index in [1.807, 2.05) is 0 Å². The smallest absolute Gasteiger partial charge is 0.339 e. The monoisotopic (exact) mass is 147 g/mol. The lowest BCUT2D eigenvalue weighted by Gasteiger charge is -1.97. The van der Waals surface area contributed by atoms with Crippen LogP contribution in [0, 0.1) is 0 Å². The van der Waals surface area contributed by atoms with Gasteiger partial charge in [-0.05, 0) is 11.7 Å². The first-order valence-electron chi connectivity index (χ1n) is 3.04. The molecule has 0 spiro atoms. The molecule has 0 atom stereocenters. The highest BCUT2D eigenvalue weighted by atomic mass is 16.5. The van der Waals surface area contributed by atoms with Crippen LogP contribution in [0.5, 0.6) is 0 Å². The maximum Gasteiger partial charge on any atom is 0.339 e. The summed E-state index contributed by atoms with van der Waals surface area (Å²) in [6.07, 6.45) is 1.38. The molecule has 54 valence electrons. The molecule has 2 radical (unpaired) electrons. The van der Waals surface area contributed by atoms with Gasteiger partial charge in [0.2, 0.25) is 0 Å². The number of methoxy groups -OCH3 is 1. The maximum atomic E-state index is 10.8. The average molecular weight is 147 g/mol. The Morgan fingerprint density at radius 2 is 2.36 bits per heavy atom. The van der Waals surface area contributed by atoms with Crippen molar-refractivity contribution < 1.29 is 9.53 Å². The third kappa shape index (κ3) is 1.80. The van der Waals surface area contributed by atoms with Crippen molar-refractivity contribution in [3.63, 3.8) is 0 Å². The minimum atomic E-state index is -0.405. The van der Waals surface area contributed by atoms with Crippen LogP contribution in [0.3, 0.4) is 0 Å². The van der Waals surface area contributed by atoms with Crippen molar-refractivity contribution in [2.45, 2.75) is 0 Å². The van der Waals surface area contributed by atoms with Crippen molar-refractivity contribution in [3.8, 4) is 0 Å². The van der Waals surface area contributed by atoms with E-state index in [4.69, 9.17) is 7.85 Å². The van der Waals surface area contributed by atoms with E-state index in [-0.39, 0.29) is 0 Å². The molecule has 1 aromatic heterocycles. The largest absolute Gasteiger partial charge is 0.465 e. The second-order valence-electron chi connectivity index (χ2n) is 1.96. The number of hydrogen-bond acceptors (Lipinski definition) is 3. The summed E-state index contributed by atoms with van der Waals surface area (Å²) in [5, 5.41) is 0. The van der Waals surface area contributed by atoms with E-state index in [1.54, 1.807) is 12.1 Å². The summed E-state index contributed by atoms with van der Waals surface area (Å²) in [5.74, 6) is -0.405. The molecule has 0 bridgehead atoms. The highest BCUT2D eigenvalue weighted by molar-refractivity contribution is 6.30. The highest BCUT2D eigenvalue weighted by Gasteiger charge is 2.02. The molecule has 0 N–H and O–H groups in total. The van der Waals surface area contributed by atoms with Gasteiger partial charge in [0.25, 0.3) is 0 Å². The first-order chi connectivity index (χ1) is 5.24. The molecule has 4 heteroatoms. The molecule has 0 fully saturated rings. The molecule has 0 aliphatic carbocycles. The molecule has 0 aliphatic heterocycles.